The first-order valence-corrected chi connectivity index (χ1v) is 6.92. The Morgan fingerprint density at radius 3 is 2.65 bits per heavy atom. The van der Waals surface area contributed by atoms with Gasteiger partial charge in [-0.15, -0.1) is 12.4 Å². The highest BCUT2D eigenvalue weighted by Gasteiger charge is 2.15. The van der Waals surface area contributed by atoms with Gasteiger partial charge >= 0.3 is 0 Å². The van der Waals surface area contributed by atoms with Crippen LogP contribution in [0.25, 0.3) is 0 Å². The van der Waals surface area contributed by atoms with Crippen molar-refractivity contribution in [2.45, 2.75) is 19.0 Å². The highest BCUT2D eigenvalue weighted by molar-refractivity contribution is 5.94. The van der Waals surface area contributed by atoms with Crippen molar-refractivity contribution in [2.24, 2.45) is 5.73 Å². The Morgan fingerprint density at radius 2 is 2.00 bits per heavy atom. The van der Waals surface area contributed by atoms with E-state index in [4.69, 9.17) is 5.73 Å². The molecule has 1 aromatic heterocycles. The summed E-state index contributed by atoms with van der Waals surface area (Å²) >= 11 is 0. The van der Waals surface area contributed by atoms with E-state index in [-0.39, 0.29) is 30.8 Å². The van der Waals surface area contributed by atoms with Crippen molar-refractivity contribution in [2.75, 3.05) is 12.4 Å². The number of amides is 2. The van der Waals surface area contributed by atoms with Crippen molar-refractivity contribution in [3.63, 3.8) is 0 Å². The lowest BCUT2D eigenvalue weighted by molar-refractivity contribution is -0.121. The van der Waals surface area contributed by atoms with Crippen molar-refractivity contribution < 1.29 is 9.59 Å². The van der Waals surface area contributed by atoms with E-state index >= 15 is 0 Å². The standard InChI is InChI=1S/C15H19N5O2.ClH/c1-17-14(21)10-20-9-12(8-18-20)19-15(22)13(16)7-11-5-3-2-4-6-11;/h2-6,8-9,13H,7,10,16H2,1H3,(H,17,21)(H,19,22);1H/t13-;/m0./s1. The highest BCUT2D eigenvalue weighted by atomic mass is 35.5. The van der Waals surface area contributed by atoms with Crippen LogP contribution in [0.2, 0.25) is 0 Å². The second kappa shape index (κ2) is 8.92. The summed E-state index contributed by atoms with van der Waals surface area (Å²) in [4.78, 5) is 23.3. The minimum atomic E-state index is -0.648. The summed E-state index contributed by atoms with van der Waals surface area (Å²) in [5.41, 5.74) is 7.41. The molecule has 8 heteroatoms. The third-order valence-corrected chi connectivity index (χ3v) is 3.12. The van der Waals surface area contributed by atoms with E-state index in [0.29, 0.717) is 12.1 Å². The Labute approximate surface area is 140 Å². The zero-order valence-electron chi connectivity index (χ0n) is 12.7. The van der Waals surface area contributed by atoms with Gasteiger partial charge in [0, 0.05) is 13.2 Å². The van der Waals surface area contributed by atoms with Crippen molar-refractivity contribution in [1.82, 2.24) is 15.1 Å². The van der Waals surface area contributed by atoms with E-state index in [0.717, 1.165) is 5.56 Å². The number of aromatic nitrogens is 2. The van der Waals surface area contributed by atoms with E-state index in [2.05, 4.69) is 15.7 Å². The number of nitrogens with zero attached hydrogens (tertiary/aromatic N) is 2. The quantitative estimate of drug-likeness (QED) is 0.716. The summed E-state index contributed by atoms with van der Waals surface area (Å²) in [6.45, 7) is 0.0996. The number of likely N-dealkylation sites (N-methyl/N-ethyl adjacent to an activating group) is 1. The summed E-state index contributed by atoms with van der Waals surface area (Å²) in [6.07, 6.45) is 3.53. The molecule has 1 heterocycles. The number of rotatable bonds is 6. The maximum Gasteiger partial charge on any atom is 0.241 e. The van der Waals surface area contributed by atoms with E-state index in [1.165, 1.54) is 10.9 Å². The molecule has 0 aliphatic carbocycles. The van der Waals surface area contributed by atoms with Gasteiger partial charge in [-0.05, 0) is 12.0 Å². The van der Waals surface area contributed by atoms with Gasteiger partial charge in [-0.2, -0.15) is 5.10 Å². The number of carbonyl (C=O) groups excluding carboxylic acids is 2. The summed E-state index contributed by atoms with van der Waals surface area (Å²) in [7, 11) is 1.55. The SMILES string of the molecule is CNC(=O)Cn1cc(NC(=O)[C@@H](N)Cc2ccccc2)cn1.Cl. The Bertz CT molecular complexity index is 644. The number of nitrogens with one attached hydrogen (secondary N) is 2. The van der Waals surface area contributed by atoms with Crippen molar-refractivity contribution in [3.8, 4) is 0 Å². The molecule has 1 atom stereocenters. The van der Waals surface area contributed by atoms with Crippen LogP contribution in [0.1, 0.15) is 5.56 Å². The summed E-state index contributed by atoms with van der Waals surface area (Å²) in [5.74, 6) is -0.454. The molecule has 0 saturated carbocycles. The minimum Gasteiger partial charge on any atom is -0.358 e. The van der Waals surface area contributed by atoms with Crippen LogP contribution in [0.4, 0.5) is 5.69 Å². The van der Waals surface area contributed by atoms with Gasteiger partial charge in [0.15, 0.2) is 0 Å². The number of nitrogens with two attached hydrogens (primary N) is 1. The topological polar surface area (TPSA) is 102 Å². The van der Waals surface area contributed by atoms with Crippen LogP contribution in [-0.4, -0.2) is 34.7 Å². The number of hydrogen-bond donors (Lipinski definition) is 3. The van der Waals surface area contributed by atoms with Gasteiger partial charge < -0.3 is 16.4 Å². The monoisotopic (exact) mass is 337 g/mol. The molecule has 0 fully saturated rings. The van der Waals surface area contributed by atoms with Gasteiger partial charge in [0.05, 0.1) is 17.9 Å². The molecule has 0 saturated heterocycles. The van der Waals surface area contributed by atoms with Crippen molar-refractivity contribution in [1.29, 1.82) is 0 Å². The highest BCUT2D eigenvalue weighted by Crippen LogP contribution is 2.07. The zero-order chi connectivity index (χ0) is 15.9. The van der Waals surface area contributed by atoms with Crippen LogP contribution in [0.3, 0.4) is 0 Å². The normalized spacial score (nSPS) is 11.2. The smallest absolute Gasteiger partial charge is 0.241 e. The molecule has 0 aliphatic heterocycles. The fraction of sp³-hybridized carbons (Fsp3) is 0.267. The van der Waals surface area contributed by atoms with Crippen LogP contribution >= 0.6 is 12.4 Å². The second-order valence-electron chi connectivity index (χ2n) is 4.89. The first-order valence-electron chi connectivity index (χ1n) is 6.92. The third kappa shape index (κ3) is 5.72. The van der Waals surface area contributed by atoms with Gasteiger partial charge in [0.2, 0.25) is 11.8 Å². The second-order valence-corrected chi connectivity index (χ2v) is 4.89. The average Bonchev–Trinajstić information content (AvgIpc) is 2.95. The van der Waals surface area contributed by atoms with Crippen LogP contribution < -0.4 is 16.4 Å². The average molecular weight is 338 g/mol. The van der Waals surface area contributed by atoms with Gasteiger partial charge in [-0.1, -0.05) is 30.3 Å². The van der Waals surface area contributed by atoms with Gasteiger partial charge in [-0.3, -0.25) is 14.3 Å². The Hall–Kier alpha value is -2.38. The van der Waals surface area contributed by atoms with Gasteiger partial charge in [0.1, 0.15) is 6.54 Å². The lowest BCUT2D eigenvalue weighted by atomic mass is 10.1. The maximum absolute atomic E-state index is 12.1. The number of halogens is 1. The van der Waals surface area contributed by atoms with E-state index in [9.17, 15) is 9.59 Å². The van der Waals surface area contributed by atoms with Gasteiger partial charge in [-0.25, -0.2) is 0 Å². The number of benzene rings is 1. The molecule has 124 valence electrons. The predicted octanol–water partition coefficient (Wildman–Crippen LogP) is 0.559. The summed E-state index contributed by atoms with van der Waals surface area (Å²) < 4.78 is 1.44. The fourth-order valence-corrected chi connectivity index (χ4v) is 1.94. The first-order chi connectivity index (χ1) is 10.6. The predicted molar refractivity (Wildman–Crippen MR) is 90.3 cm³/mol. The number of hydrogen-bond acceptors (Lipinski definition) is 4. The van der Waals surface area contributed by atoms with Crippen LogP contribution in [-0.2, 0) is 22.6 Å². The molecule has 0 bridgehead atoms. The molecule has 0 aliphatic rings. The van der Waals surface area contributed by atoms with Crippen LogP contribution in [0.15, 0.2) is 42.7 Å². The zero-order valence-corrected chi connectivity index (χ0v) is 13.5. The van der Waals surface area contributed by atoms with E-state index in [1.807, 2.05) is 30.3 Å². The maximum atomic E-state index is 12.1. The molecular weight excluding hydrogens is 318 g/mol. The Balaban J connectivity index is 0.00000264. The molecule has 0 radical (unpaired) electrons. The third-order valence-electron chi connectivity index (χ3n) is 3.12. The van der Waals surface area contributed by atoms with Crippen molar-refractivity contribution >= 4 is 29.9 Å². The molecule has 4 N–H and O–H groups in total. The molecular formula is C15H20ClN5O2. The molecule has 23 heavy (non-hydrogen) atoms. The van der Waals surface area contributed by atoms with Crippen LogP contribution in [0, 0.1) is 0 Å². The molecule has 1 aromatic carbocycles. The summed E-state index contributed by atoms with van der Waals surface area (Å²) in [6, 6.07) is 8.93. The van der Waals surface area contributed by atoms with Crippen LogP contribution in [0.5, 0.6) is 0 Å². The Kier molecular flexibility index (Phi) is 7.24. The molecule has 2 rings (SSSR count). The lowest BCUT2D eigenvalue weighted by Crippen LogP contribution is -2.37. The molecule has 2 amide bonds. The fourth-order valence-electron chi connectivity index (χ4n) is 1.94. The first kappa shape index (κ1) is 18.7. The molecule has 7 nitrogen and oxygen atoms in total. The molecule has 0 unspecified atom stereocenters. The largest absolute Gasteiger partial charge is 0.358 e. The summed E-state index contributed by atoms with van der Waals surface area (Å²) in [5, 5.41) is 9.20. The van der Waals surface area contributed by atoms with E-state index in [1.54, 1.807) is 13.2 Å². The minimum absolute atomic E-state index is 0. The Morgan fingerprint density at radius 1 is 1.30 bits per heavy atom. The number of anilines is 1. The molecule has 2 aromatic rings. The lowest BCUT2D eigenvalue weighted by Gasteiger charge is -2.11. The van der Waals surface area contributed by atoms with E-state index < -0.39 is 6.04 Å². The molecule has 0 spiro atoms. The van der Waals surface area contributed by atoms with Crippen molar-refractivity contribution in [3.05, 3.63) is 48.3 Å². The number of carbonyl (C=O) groups is 2. The van der Waals surface area contributed by atoms with Gasteiger partial charge in [0.25, 0.3) is 0 Å².